The number of benzene rings is 1. The number of ether oxygens (including phenoxy) is 2. The summed E-state index contributed by atoms with van der Waals surface area (Å²) in [5, 5.41) is 0.429. The van der Waals surface area contributed by atoms with Crippen LogP contribution in [0.3, 0.4) is 0 Å². The third-order valence-electron chi connectivity index (χ3n) is 4.03. The second-order valence-electron chi connectivity index (χ2n) is 6.24. The third-order valence-corrected chi connectivity index (χ3v) is 4.03. The van der Waals surface area contributed by atoms with Gasteiger partial charge in [-0.15, -0.1) is 0 Å². The van der Waals surface area contributed by atoms with E-state index < -0.39 is 0 Å². The van der Waals surface area contributed by atoms with E-state index in [0.717, 1.165) is 13.0 Å². The third kappa shape index (κ3) is 4.51. The lowest BCUT2D eigenvalue weighted by molar-refractivity contribution is -0.130. The molecule has 0 aliphatic heterocycles. The fourth-order valence-corrected chi connectivity index (χ4v) is 2.66. The molecule has 1 N–H and O–H groups in total. The van der Waals surface area contributed by atoms with Crippen LogP contribution in [-0.2, 0) is 11.3 Å². The molecule has 8 heteroatoms. The fraction of sp³-hybridized carbons (Fsp3) is 0.500. The first-order valence-corrected chi connectivity index (χ1v) is 8.47. The summed E-state index contributed by atoms with van der Waals surface area (Å²) in [5.41, 5.74) is 0.276. The van der Waals surface area contributed by atoms with Crippen LogP contribution in [0.1, 0.15) is 19.2 Å². The summed E-state index contributed by atoms with van der Waals surface area (Å²) < 4.78 is 10.5. The molecule has 26 heavy (non-hydrogen) atoms. The van der Waals surface area contributed by atoms with Crippen LogP contribution in [0.4, 0.5) is 0 Å². The number of fused-ring (bicyclic) bond motifs is 1. The van der Waals surface area contributed by atoms with Gasteiger partial charge in [0, 0.05) is 20.2 Å². The highest BCUT2D eigenvalue weighted by Crippen LogP contribution is 2.29. The molecule has 0 saturated carbocycles. The number of nitrogens with one attached hydrogen (secondary N) is 1. The van der Waals surface area contributed by atoms with Crippen LogP contribution in [0.15, 0.2) is 16.9 Å². The topological polar surface area (TPSA) is 87.8 Å². The van der Waals surface area contributed by atoms with Crippen molar-refractivity contribution in [3.8, 4) is 11.5 Å². The zero-order chi connectivity index (χ0) is 19.3. The molecule has 1 heterocycles. The van der Waals surface area contributed by atoms with E-state index in [4.69, 9.17) is 9.47 Å². The minimum atomic E-state index is -0.249. The number of hydrogen-bond donors (Lipinski definition) is 1. The van der Waals surface area contributed by atoms with E-state index in [1.807, 2.05) is 11.8 Å². The van der Waals surface area contributed by atoms with Crippen molar-refractivity contribution in [2.75, 3.05) is 41.4 Å². The number of rotatable bonds is 8. The van der Waals surface area contributed by atoms with Crippen molar-refractivity contribution in [3.05, 3.63) is 28.3 Å². The Kier molecular flexibility index (Phi) is 6.57. The van der Waals surface area contributed by atoms with E-state index in [1.54, 1.807) is 31.1 Å². The van der Waals surface area contributed by atoms with E-state index in [9.17, 15) is 9.59 Å². The van der Waals surface area contributed by atoms with Crippen LogP contribution in [0, 0.1) is 0 Å². The van der Waals surface area contributed by atoms with Crippen molar-refractivity contribution in [2.45, 2.75) is 19.9 Å². The van der Waals surface area contributed by atoms with Crippen LogP contribution < -0.4 is 15.0 Å². The highest BCUT2D eigenvalue weighted by molar-refractivity contribution is 5.81. The average molecular weight is 362 g/mol. The molecule has 0 atom stereocenters. The number of amides is 1. The van der Waals surface area contributed by atoms with E-state index in [2.05, 4.69) is 9.97 Å². The molecule has 2 rings (SSSR count). The van der Waals surface area contributed by atoms with Crippen molar-refractivity contribution in [1.29, 1.82) is 0 Å². The summed E-state index contributed by atoms with van der Waals surface area (Å²) in [6.07, 6.45) is 0.892. The molecule has 142 valence electrons. The van der Waals surface area contributed by atoms with Crippen LogP contribution in [0.2, 0.25) is 0 Å². The Balaban J connectivity index is 2.36. The predicted molar refractivity (Wildman–Crippen MR) is 99.7 cm³/mol. The van der Waals surface area contributed by atoms with Crippen LogP contribution in [0.25, 0.3) is 10.9 Å². The summed E-state index contributed by atoms with van der Waals surface area (Å²) in [6.45, 7) is 3.43. The summed E-state index contributed by atoms with van der Waals surface area (Å²) in [6, 6.07) is 3.30. The number of aromatic nitrogens is 2. The first-order chi connectivity index (χ1) is 12.4. The molecule has 0 aliphatic rings. The quantitative estimate of drug-likeness (QED) is 0.760. The summed E-state index contributed by atoms with van der Waals surface area (Å²) in [4.78, 5) is 35.3. The fourth-order valence-electron chi connectivity index (χ4n) is 2.66. The number of hydrogen-bond acceptors (Lipinski definition) is 6. The van der Waals surface area contributed by atoms with Crippen LogP contribution >= 0.6 is 0 Å². The molecule has 1 aromatic carbocycles. The molecule has 2 aromatic rings. The first-order valence-electron chi connectivity index (χ1n) is 8.47. The van der Waals surface area contributed by atoms with Gasteiger partial charge in [0.15, 0.2) is 11.5 Å². The van der Waals surface area contributed by atoms with Gasteiger partial charge in [-0.25, -0.2) is 4.98 Å². The molecule has 0 radical (unpaired) electrons. The second kappa shape index (κ2) is 8.66. The lowest BCUT2D eigenvalue weighted by atomic mass is 10.2. The van der Waals surface area contributed by atoms with Gasteiger partial charge < -0.3 is 19.4 Å². The first kappa shape index (κ1) is 19.7. The maximum Gasteiger partial charge on any atom is 0.258 e. The van der Waals surface area contributed by atoms with Gasteiger partial charge in [-0.2, -0.15) is 0 Å². The summed E-state index contributed by atoms with van der Waals surface area (Å²) in [7, 11) is 6.50. The molecule has 8 nitrogen and oxygen atoms in total. The zero-order valence-corrected chi connectivity index (χ0v) is 16.0. The van der Waals surface area contributed by atoms with E-state index in [-0.39, 0.29) is 18.0 Å². The minimum absolute atomic E-state index is 0.00740. The second-order valence-corrected chi connectivity index (χ2v) is 6.24. The van der Waals surface area contributed by atoms with Crippen LogP contribution in [0.5, 0.6) is 11.5 Å². The lowest BCUT2D eigenvalue weighted by Gasteiger charge is -2.22. The number of carbonyl (C=O) groups is 1. The smallest absolute Gasteiger partial charge is 0.258 e. The van der Waals surface area contributed by atoms with E-state index in [0.29, 0.717) is 34.8 Å². The Morgan fingerprint density at radius 1 is 1.19 bits per heavy atom. The standard InChI is InChI=1S/C18H26N4O4/c1-6-7-22(11-17(23)21(2)3)10-16-19-13-9-15(26-5)14(25-4)8-12(13)18(24)20-16/h8-9H,6-7,10-11H2,1-5H3,(H,19,20,24). The molecule has 1 amide bonds. The minimum Gasteiger partial charge on any atom is -0.493 e. The number of nitrogens with zero attached hydrogens (tertiary/aromatic N) is 3. The Hall–Kier alpha value is -2.61. The van der Waals surface area contributed by atoms with Gasteiger partial charge in [-0.05, 0) is 19.0 Å². The molecule has 0 unspecified atom stereocenters. The number of methoxy groups -OCH3 is 2. The van der Waals surface area contributed by atoms with Crippen molar-refractivity contribution in [2.24, 2.45) is 0 Å². The number of H-pyrrole nitrogens is 1. The Morgan fingerprint density at radius 2 is 1.85 bits per heavy atom. The molecule has 1 aromatic heterocycles. The zero-order valence-electron chi connectivity index (χ0n) is 16.0. The van der Waals surface area contributed by atoms with Crippen molar-refractivity contribution in [1.82, 2.24) is 19.8 Å². The van der Waals surface area contributed by atoms with Gasteiger partial charge in [0.05, 0.1) is 38.2 Å². The number of carbonyl (C=O) groups excluding carboxylic acids is 1. The SMILES string of the molecule is CCCN(CC(=O)N(C)C)Cc1nc2cc(OC)c(OC)cc2c(=O)[nH]1. The van der Waals surface area contributed by atoms with Gasteiger partial charge >= 0.3 is 0 Å². The van der Waals surface area contributed by atoms with Gasteiger partial charge in [0.25, 0.3) is 5.56 Å². The van der Waals surface area contributed by atoms with E-state index in [1.165, 1.54) is 14.2 Å². The average Bonchev–Trinajstić information content (AvgIpc) is 2.60. The van der Waals surface area contributed by atoms with Gasteiger partial charge in [0.1, 0.15) is 5.82 Å². The maximum absolute atomic E-state index is 12.5. The van der Waals surface area contributed by atoms with Crippen LogP contribution in [-0.4, -0.2) is 67.1 Å². The molecule has 0 spiro atoms. The molecular weight excluding hydrogens is 336 g/mol. The summed E-state index contributed by atoms with van der Waals surface area (Å²) in [5.74, 6) is 1.50. The van der Waals surface area contributed by atoms with Crippen molar-refractivity contribution >= 4 is 16.8 Å². The van der Waals surface area contributed by atoms with Crippen molar-refractivity contribution < 1.29 is 14.3 Å². The Labute approximate surface area is 152 Å². The van der Waals surface area contributed by atoms with Crippen molar-refractivity contribution in [3.63, 3.8) is 0 Å². The highest BCUT2D eigenvalue weighted by Gasteiger charge is 2.15. The largest absolute Gasteiger partial charge is 0.493 e. The van der Waals surface area contributed by atoms with Gasteiger partial charge in [-0.3, -0.25) is 14.5 Å². The molecular formula is C18H26N4O4. The molecule has 0 bridgehead atoms. The van der Waals surface area contributed by atoms with Gasteiger partial charge in [-0.1, -0.05) is 6.92 Å². The summed E-state index contributed by atoms with van der Waals surface area (Å²) >= 11 is 0. The molecule has 0 fully saturated rings. The molecule has 0 aliphatic carbocycles. The maximum atomic E-state index is 12.5. The Bertz CT molecular complexity index is 832. The highest BCUT2D eigenvalue weighted by atomic mass is 16.5. The lowest BCUT2D eigenvalue weighted by Crippen LogP contribution is -2.37. The Morgan fingerprint density at radius 3 is 2.42 bits per heavy atom. The normalized spacial score (nSPS) is 11.0. The monoisotopic (exact) mass is 362 g/mol. The molecule has 0 saturated heterocycles. The predicted octanol–water partition coefficient (Wildman–Crippen LogP) is 1.24. The van der Waals surface area contributed by atoms with E-state index >= 15 is 0 Å². The van der Waals surface area contributed by atoms with Gasteiger partial charge in [0.2, 0.25) is 5.91 Å². The number of likely N-dealkylation sites (N-methyl/N-ethyl adjacent to an activating group) is 1. The number of aromatic amines is 1.